The molecule has 0 fully saturated rings. The number of rotatable bonds is 12. The number of unbranched alkanes of at least 4 members (excludes halogenated alkanes) is 4. The third kappa shape index (κ3) is 7.04. The van der Waals surface area contributed by atoms with Crippen molar-refractivity contribution in [2.45, 2.75) is 65.4 Å². The Kier molecular flexibility index (Phi) is 9.30. The largest absolute Gasteiger partial charge is 0.377 e. The molecule has 3 aromatic carbocycles. The Bertz CT molecular complexity index is 912. The van der Waals surface area contributed by atoms with E-state index < -0.39 is 0 Å². The molecule has 0 aliphatic heterocycles. The van der Waals surface area contributed by atoms with Crippen LogP contribution in [-0.2, 0) is 17.8 Å². The lowest BCUT2D eigenvalue weighted by Gasteiger charge is -2.09. The van der Waals surface area contributed by atoms with Crippen LogP contribution in [0, 0.1) is 5.82 Å². The van der Waals surface area contributed by atoms with E-state index in [1.165, 1.54) is 37.7 Å². The van der Waals surface area contributed by atoms with Crippen LogP contribution in [0.15, 0.2) is 66.7 Å². The van der Waals surface area contributed by atoms with Crippen LogP contribution < -0.4 is 0 Å². The van der Waals surface area contributed by atoms with Gasteiger partial charge in [0.05, 0.1) is 6.61 Å². The first-order chi connectivity index (χ1) is 15.2. The number of benzene rings is 3. The van der Waals surface area contributed by atoms with Crippen molar-refractivity contribution in [2.24, 2.45) is 0 Å². The van der Waals surface area contributed by atoms with Gasteiger partial charge >= 0.3 is 0 Å². The highest BCUT2D eigenvalue weighted by molar-refractivity contribution is 5.71. The molecule has 0 saturated heterocycles. The first-order valence-electron chi connectivity index (χ1n) is 11.8. The highest BCUT2D eigenvalue weighted by Gasteiger charge is 2.08. The zero-order valence-electron chi connectivity index (χ0n) is 19.0. The molecule has 164 valence electrons. The van der Waals surface area contributed by atoms with Crippen molar-refractivity contribution in [3.05, 3.63) is 83.7 Å². The molecule has 0 aromatic heterocycles. The highest BCUT2D eigenvalue weighted by Crippen LogP contribution is 2.29. The maximum atomic E-state index is 14.9. The van der Waals surface area contributed by atoms with E-state index in [9.17, 15) is 4.39 Å². The van der Waals surface area contributed by atoms with Gasteiger partial charge in [0, 0.05) is 12.2 Å². The van der Waals surface area contributed by atoms with E-state index in [2.05, 4.69) is 38.1 Å². The number of halogens is 1. The molecule has 0 N–H and O–H groups in total. The van der Waals surface area contributed by atoms with Gasteiger partial charge in [-0.1, -0.05) is 100 Å². The van der Waals surface area contributed by atoms with Crippen LogP contribution in [0.2, 0.25) is 0 Å². The monoisotopic (exact) mass is 418 g/mol. The van der Waals surface area contributed by atoms with Crippen molar-refractivity contribution >= 4 is 0 Å². The van der Waals surface area contributed by atoms with Gasteiger partial charge in [-0.15, -0.1) is 0 Å². The number of hydrogen-bond donors (Lipinski definition) is 0. The van der Waals surface area contributed by atoms with Gasteiger partial charge in [-0.3, -0.25) is 0 Å². The van der Waals surface area contributed by atoms with Gasteiger partial charge in [0.1, 0.15) is 5.82 Å². The Labute approximate surface area is 187 Å². The van der Waals surface area contributed by atoms with Crippen LogP contribution in [-0.4, -0.2) is 6.61 Å². The summed E-state index contributed by atoms with van der Waals surface area (Å²) in [5.74, 6) is -0.180. The number of hydrogen-bond acceptors (Lipinski definition) is 1. The minimum absolute atomic E-state index is 0.180. The maximum Gasteiger partial charge on any atom is 0.131 e. The number of aryl methyl sites for hydroxylation is 1. The molecule has 0 aliphatic carbocycles. The number of ether oxygens (including phenoxy) is 1. The van der Waals surface area contributed by atoms with Crippen molar-refractivity contribution in [3.63, 3.8) is 0 Å². The maximum absolute atomic E-state index is 14.9. The fourth-order valence-electron chi connectivity index (χ4n) is 3.84. The first kappa shape index (κ1) is 23.2. The molecule has 1 nitrogen and oxygen atoms in total. The minimum atomic E-state index is -0.180. The molecule has 0 amide bonds. The molecule has 0 spiro atoms. The van der Waals surface area contributed by atoms with Crippen molar-refractivity contribution in [1.29, 1.82) is 0 Å². The molecule has 31 heavy (non-hydrogen) atoms. The van der Waals surface area contributed by atoms with Gasteiger partial charge in [0.15, 0.2) is 0 Å². The summed E-state index contributed by atoms with van der Waals surface area (Å²) in [4.78, 5) is 0. The summed E-state index contributed by atoms with van der Waals surface area (Å²) in [6.07, 6.45) is 8.56. The third-order valence-corrected chi connectivity index (χ3v) is 5.71. The predicted molar refractivity (Wildman–Crippen MR) is 130 cm³/mol. The summed E-state index contributed by atoms with van der Waals surface area (Å²) in [6.45, 7) is 5.74. The van der Waals surface area contributed by atoms with Crippen LogP contribution in [0.25, 0.3) is 22.3 Å². The van der Waals surface area contributed by atoms with Crippen molar-refractivity contribution in [3.8, 4) is 22.3 Å². The molecule has 0 saturated carbocycles. The molecule has 0 heterocycles. The summed E-state index contributed by atoms with van der Waals surface area (Å²) in [5.41, 5.74) is 5.97. The van der Waals surface area contributed by atoms with Crippen LogP contribution in [0.5, 0.6) is 0 Å². The van der Waals surface area contributed by atoms with Crippen molar-refractivity contribution in [1.82, 2.24) is 0 Å². The summed E-state index contributed by atoms with van der Waals surface area (Å²) in [5, 5.41) is 0. The molecular weight excluding hydrogens is 383 g/mol. The van der Waals surface area contributed by atoms with Gasteiger partial charge in [0.25, 0.3) is 0 Å². The van der Waals surface area contributed by atoms with Gasteiger partial charge in [-0.25, -0.2) is 4.39 Å². The Balaban J connectivity index is 1.62. The van der Waals surface area contributed by atoms with E-state index in [1.807, 2.05) is 36.4 Å². The molecular formula is C29H35FO. The lowest BCUT2D eigenvalue weighted by molar-refractivity contribution is 0.121. The van der Waals surface area contributed by atoms with E-state index in [0.717, 1.165) is 41.7 Å². The second-order valence-electron chi connectivity index (χ2n) is 8.31. The normalized spacial score (nSPS) is 11.1. The average Bonchev–Trinajstić information content (AvgIpc) is 2.80. The Morgan fingerprint density at radius 2 is 1.29 bits per heavy atom. The molecule has 3 aromatic rings. The van der Waals surface area contributed by atoms with E-state index in [1.54, 1.807) is 6.07 Å². The molecule has 0 unspecified atom stereocenters. The zero-order valence-corrected chi connectivity index (χ0v) is 19.0. The van der Waals surface area contributed by atoms with Crippen LogP contribution in [0.1, 0.15) is 63.5 Å². The van der Waals surface area contributed by atoms with Gasteiger partial charge < -0.3 is 4.74 Å². The molecule has 0 radical (unpaired) electrons. The quantitative estimate of drug-likeness (QED) is 0.268. The Morgan fingerprint density at radius 1 is 0.645 bits per heavy atom. The average molecular weight is 419 g/mol. The third-order valence-electron chi connectivity index (χ3n) is 5.71. The molecule has 3 rings (SSSR count). The van der Waals surface area contributed by atoms with Crippen LogP contribution in [0.4, 0.5) is 4.39 Å². The molecule has 0 atom stereocenters. The zero-order chi connectivity index (χ0) is 21.9. The fraction of sp³-hybridized carbons (Fsp3) is 0.379. The van der Waals surface area contributed by atoms with Crippen LogP contribution >= 0.6 is 0 Å². The van der Waals surface area contributed by atoms with Crippen molar-refractivity contribution < 1.29 is 9.13 Å². The topological polar surface area (TPSA) is 9.23 Å². The fourth-order valence-corrected chi connectivity index (χ4v) is 3.84. The smallest absolute Gasteiger partial charge is 0.131 e. The lowest BCUT2D eigenvalue weighted by Crippen LogP contribution is -1.94. The summed E-state index contributed by atoms with van der Waals surface area (Å²) < 4.78 is 20.5. The van der Waals surface area contributed by atoms with Gasteiger partial charge in [-0.2, -0.15) is 0 Å². The van der Waals surface area contributed by atoms with Crippen molar-refractivity contribution in [2.75, 3.05) is 6.61 Å². The van der Waals surface area contributed by atoms with E-state index in [4.69, 9.17) is 4.74 Å². The summed E-state index contributed by atoms with van der Waals surface area (Å²) in [6, 6.07) is 22.1. The summed E-state index contributed by atoms with van der Waals surface area (Å²) >= 11 is 0. The van der Waals surface area contributed by atoms with E-state index >= 15 is 0 Å². The second kappa shape index (κ2) is 12.4. The summed E-state index contributed by atoms with van der Waals surface area (Å²) in [7, 11) is 0. The SMILES string of the molecule is CCCCCCCc1ccc(-c2ccc(-c3ccc(COCCC)cc3)cc2F)cc1. The van der Waals surface area contributed by atoms with Gasteiger partial charge in [0.2, 0.25) is 0 Å². The van der Waals surface area contributed by atoms with E-state index in [0.29, 0.717) is 12.2 Å². The van der Waals surface area contributed by atoms with Gasteiger partial charge in [-0.05, 0) is 53.1 Å². The van der Waals surface area contributed by atoms with E-state index in [-0.39, 0.29) is 5.82 Å². The van der Waals surface area contributed by atoms with Crippen LogP contribution in [0.3, 0.4) is 0 Å². The second-order valence-corrected chi connectivity index (χ2v) is 8.31. The molecule has 0 aliphatic rings. The molecule has 0 bridgehead atoms. The minimum Gasteiger partial charge on any atom is -0.377 e. The Hall–Kier alpha value is -2.45. The standard InChI is InChI=1S/C29H35FO/c1-3-5-6-7-8-9-23-10-16-26(17-11-23)28-19-18-27(21-29(28)30)25-14-12-24(13-15-25)22-31-20-4-2/h10-19,21H,3-9,20,22H2,1-2H3. The Morgan fingerprint density at radius 3 is 1.97 bits per heavy atom. The predicted octanol–water partition coefficient (Wildman–Crippen LogP) is 8.60. The highest BCUT2D eigenvalue weighted by atomic mass is 19.1. The lowest BCUT2D eigenvalue weighted by atomic mass is 9.97. The molecule has 2 heteroatoms. The first-order valence-corrected chi connectivity index (χ1v) is 11.8.